The number of thiazole rings is 1. The molecule has 1 aromatic heterocycles. The third-order valence-electron chi connectivity index (χ3n) is 5.33. The molecule has 118 valence electrons. The molecule has 1 saturated heterocycles. The molecule has 1 aliphatic heterocycles. The summed E-state index contributed by atoms with van der Waals surface area (Å²) in [7, 11) is 0. The van der Waals surface area contributed by atoms with Gasteiger partial charge in [-0.05, 0) is 24.7 Å². The topological polar surface area (TPSA) is 28.2 Å². The highest BCUT2D eigenvalue weighted by molar-refractivity contribution is 7.09. The molecule has 0 amide bonds. The molecular weight excluding hydrogens is 278 g/mol. The SMILES string of the molecule is CC(C)C1CN(Cc2cncs2)C(C2CCCCC2)CN1. The van der Waals surface area contributed by atoms with Crippen molar-refractivity contribution in [1.29, 1.82) is 0 Å². The number of hydrogen-bond donors (Lipinski definition) is 1. The van der Waals surface area contributed by atoms with Crippen molar-refractivity contribution in [2.24, 2.45) is 11.8 Å². The lowest BCUT2D eigenvalue weighted by Gasteiger charge is -2.46. The highest BCUT2D eigenvalue weighted by Crippen LogP contribution is 2.31. The van der Waals surface area contributed by atoms with Crippen LogP contribution < -0.4 is 5.32 Å². The lowest BCUT2D eigenvalue weighted by Crippen LogP contribution is -2.60. The van der Waals surface area contributed by atoms with Crippen LogP contribution in [0.5, 0.6) is 0 Å². The first-order chi connectivity index (χ1) is 10.2. The van der Waals surface area contributed by atoms with Gasteiger partial charge in [0.1, 0.15) is 0 Å². The van der Waals surface area contributed by atoms with Crippen LogP contribution in [0.3, 0.4) is 0 Å². The zero-order valence-electron chi connectivity index (χ0n) is 13.4. The van der Waals surface area contributed by atoms with Crippen LogP contribution in [0.15, 0.2) is 11.7 Å². The highest BCUT2D eigenvalue weighted by atomic mass is 32.1. The number of hydrogen-bond acceptors (Lipinski definition) is 4. The molecule has 1 aliphatic carbocycles. The maximum Gasteiger partial charge on any atom is 0.0794 e. The maximum atomic E-state index is 4.26. The van der Waals surface area contributed by atoms with Crippen LogP contribution in [0.25, 0.3) is 0 Å². The Balaban J connectivity index is 1.70. The Morgan fingerprint density at radius 3 is 2.81 bits per heavy atom. The van der Waals surface area contributed by atoms with Crippen molar-refractivity contribution in [3.05, 3.63) is 16.6 Å². The fourth-order valence-electron chi connectivity index (χ4n) is 3.99. The van der Waals surface area contributed by atoms with Gasteiger partial charge in [0.2, 0.25) is 0 Å². The first-order valence-electron chi connectivity index (χ1n) is 8.59. The summed E-state index contributed by atoms with van der Waals surface area (Å²) in [5.41, 5.74) is 1.97. The molecule has 0 radical (unpaired) electrons. The van der Waals surface area contributed by atoms with Gasteiger partial charge >= 0.3 is 0 Å². The summed E-state index contributed by atoms with van der Waals surface area (Å²) in [6.07, 6.45) is 9.22. The molecule has 1 aromatic rings. The van der Waals surface area contributed by atoms with Crippen LogP contribution in [-0.2, 0) is 6.54 Å². The van der Waals surface area contributed by atoms with Gasteiger partial charge in [-0.3, -0.25) is 9.88 Å². The van der Waals surface area contributed by atoms with Gasteiger partial charge in [-0.2, -0.15) is 0 Å². The fraction of sp³-hybridized carbons (Fsp3) is 0.824. The Hall–Kier alpha value is -0.450. The molecule has 2 atom stereocenters. The molecule has 2 aliphatic rings. The smallest absolute Gasteiger partial charge is 0.0794 e. The summed E-state index contributed by atoms with van der Waals surface area (Å²) in [6, 6.07) is 1.36. The van der Waals surface area contributed by atoms with Gasteiger partial charge in [-0.15, -0.1) is 11.3 Å². The van der Waals surface area contributed by atoms with Crippen molar-refractivity contribution in [3.8, 4) is 0 Å². The highest BCUT2D eigenvalue weighted by Gasteiger charge is 2.34. The van der Waals surface area contributed by atoms with Gasteiger partial charge in [0.25, 0.3) is 0 Å². The minimum absolute atomic E-state index is 0.637. The number of piperazine rings is 1. The molecule has 2 unspecified atom stereocenters. The number of aromatic nitrogens is 1. The van der Waals surface area contributed by atoms with Crippen molar-refractivity contribution >= 4 is 11.3 Å². The van der Waals surface area contributed by atoms with Gasteiger partial charge in [-0.25, -0.2) is 0 Å². The zero-order chi connectivity index (χ0) is 14.7. The molecule has 1 saturated carbocycles. The molecule has 21 heavy (non-hydrogen) atoms. The predicted octanol–water partition coefficient (Wildman–Crippen LogP) is 3.52. The fourth-order valence-corrected chi connectivity index (χ4v) is 4.61. The molecule has 1 N–H and O–H groups in total. The van der Waals surface area contributed by atoms with Crippen LogP contribution in [-0.4, -0.2) is 35.1 Å². The summed E-state index contributed by atoms with van der Waals surface area (Å²) in [6.45, 7) is 8.13. The van der Waals surface area contributed by atoms with E-state index in [-0.39, 0.29) is 0 Å². The van der Waals surface area contributed by atoms with Gasteiger partial charge in [0.15, 0.2) is 0 Å². The van der Waals surface area contributed by atoms with E-state index in [1.165, 1.54) is 50.1 Å². The van der Waals surface area contributed by atoms with Crippen LogP contribution in [0.1, 0.15) is 50.8 Å². The van der Waals surface area contributed by atoms with Crippen LogP contribution in [0.4, 0.5) is 0 Å². The molecule has 3 nitrogen and oxygen atoms in total. The van der Waals surface area contributed by atoms with Crippen LogP contribution in [0, 0.1) is 11.8 Å². The van der Waals surface area contributed by atoms with Gasteiger partial charge in [0.05, 0.1) is 5.51 Å². The van der Waals surface area contributed by atoms with Gasteiger partial charge in [0, 0.05) is 42.8 Å². The largest absolute Gasteiger partial charge is 0.311 e. The van der Waals surface area contributed by atoms with E-state index in [1.807, 2.05) is 5.51 Å². The quantitative estimate of drug-likeness (QED) is 0.922. The number of rotatable bonds is 4. The van der Waals surface area contributed by atoms with Crippen LogP contribution >= 0.6 is 11.3 Å². The minimum Gasteiger partial charge on any atom is -0.311 e. The van der Waals surface area contributed by atoms with Crippen molar-refractivity contribution < 1.29 is 0 Å². The normalized spacial score (nSPS) is 29.1. The predicted molar refractivity (Wildman–Crippen MR) is 89.5 cm³/mol. The maximum absolute atomic E-state index is 4.26. The summed E-state index contributed by atoms with van der Waals surface area (Å²) < 4.78 is 0. The third kappa shape index (κ3) is 3.85. The standard InChI is InChI=1S/C17H29N3S/c1-13(2)16-11-20(10-15-8-18-12-21-15)17(9-19-16)14-6-4-3-5-7-14/h8,12-14,16-17,19H,3-7,9-11H2,1-2H3. The molecule has 0 aromatic carbocycles. The van der Waals surface area contributed by atoms with E-state index in [9.17, 15) is 0 Å². The molecular formula is C17H29N3S. The summed E-state index contributed by atoms with van der Waals surface area (Å²) in [5, 5.41) is 3.82. The van der Waals surface area contributed by atoms with Crippen molar-refractivity contribution in [1.82, 2.24) is 15.2 Å². The summed E-state index contributed by atoms with van der Waals surface area (Å²) in [5.74, 6) is 1.61. The zero-order valence-corrected chi connectivity index (χ0v) is 14.2. The molecule has 4 heteroatoms. The Kier molecular flexibility index (Phi) is 5.30. The van der Waals surface area contributed by atoms with Crippen LogP contribution in [0.2, 0.25) is 0 Å². The summed E-state index contributed by atoms with van der Waals surface area (Å²) >= 11 is 1.80. The number of nitrogens with zero attached hydrogens (tertiary/aromatic N) is 2. The second-order valence-corrected chi connectivity index (χ2v) is 8.09. The van der Waals surface area contributed by atoms with E-state index in [4.69, 9.17) is 0 Å². The average molecular weight is 308 g/mol. The molecule has 2 fully saturated rings. The molecule has 3 rings (SSSR count). The molecule has 0 bridgehead atoms. The van der Waals surface area contributed by atoms with Crippen molar-refractivity contribution in [2.45, 2.75) is 64.6 Å². The monoisotopic (exact) mass is 307 g/mol. The van der Waals surface area contributed by atoms with E-state index in [2.05, 4.69) is 35.2 Å². The average Bonchev–Trinajstić information content (AvgIpc) is 3.01. The second-order valence-electron chi connectivity index (χ2n) is 7.12. The second kappa shape index (κ2) is 7.21. The van der Waals surface area contributed by atoms with Gasteiger partial charge < -0.3 is 5.32 Å². The Bertz CT molecular complexity index is 412. The lowest BCUT2D eigenvalue weighted by molar-refractivity contribution is 0.0560. The molecule has 2 heterocycles. The van der Waals surface area contributed by atoms with Crippen molar-refractivity contribution in [2.75, 3.05) is 13.1 Å². The van der Waals surface area contributed by atoms with E-state index >= 15 is 0 Å². The van der Waals surface area contributed by atoms with Crippen molar-refractivity contribution in [3.63, 3.8) is 0 Å². The Morgan fingerprint density at radius 2 is 2.14 bits per heavy atom. The Morgan fingerprint density at radius 1 is 1.33 bits per heavy atom. The van der Waals surface area contributed by atoms with E-state index in [1.54, 1.807) is 11.3 Å². The van der Waals surface area contributed by atoms with E-state index in [0.29, 0.717) is 12.0 Å². The van der Waals surface area contributed by atoms with E-state index in [0.717, 1.165) is 18.5 Å². The Labute approximate surface area is 133 Å². The molecule has 0 spiro atoms. The summed E-state index contributed by atoms with van der Waals surface area (Å²) in [4.78, 5) is 8.43. The first-order valence-corrected chi connectivity index (χ1v) is 9.47. The van der Waals surface area contributed by atoms with Gasteiger partial charge in [-0.1, -0.05) is 33.1 Å². The minimum atomic E-state index is 0.637. The lowest BCUT2D eigenvalue weighted by atomic mass is 9.81. The number of nitrogens with one attached hydrogen (secondary N) is 1. The third-order valence-corrected chi connectivity index (χ3v) is 6.09. The van der Waals surface area contributed by atoms with E-state index < -0.39 is 0 Å². The first kappa shape index (κ1) is 15.4.